The Morgan fingerprint density at radius 2 is 2.00 bits per heavy atom. The summed E-state index contributed by atoms with van der Waals surface area (Å²) in [6.45, 7) is 4.78. The summed E-state index contributed by atoms with van der Waals surface area (Å²) >= 11 is 3.47. The number of anilines is 1. The van der Waals surface area contributed by atoms with E-state index in [0.29, 0.717) is 6.04 Å². The summed E-state index contributed by atoms with van der Waals surface area (Å²) in [7, 11) is 0. The number of carbonyl (C=O) groups is 1. The zero-order chi connectivity index (χ0) is 13.2. The van der Waals surface area contributed by atoms with Crippen LogP contribution in [0.1, 0.15) is 29.6 Å². The Labute approximate surface area is 122 Å². The molecule has 0 bridgehead atoms. The number of hydrogen-bond acceptors (Lipinski definition) is 3. The summed E-state index contributed by atoms with van der Waals surface area (Å²) in [5, 5.41) is 0. The maximum atomic E-state index is 10.8. The molecular formula is C15H19BrN2O. The molecule has 0 saturated carbocycles. The summed E-state index contributed by atoms with van der Waals surface area (Å²) in [4.78, 5) is 15.9. The molecule has 1 aromatic rings. The van der Waals surface area contributed by atoms with Crippen LogP contribution in [0.2, 0.25) is 0 Å². The van der Waals surface area contributed by atoms with Crippen LogP contribution in [-0.4, -0.2) is 43.4 Å². The Kier molecular flexibility index (Phi) is 3.89. The Hall–Kier alpha value is -0.870. The van der Waals surface area contributed by atoms with Crippen molar-refractivity contribution < 1.29 is 4.79 Å². The van der Waals surface area contributed by atoms with Gasteiger partial charge in [-0.3, -0.25) is 9.69 Å². The van der Waals surface area contributed by atoms with Crippen LogP contribution < -0.4 is 4.90 Å². The van der Waals surface area contributed by atoms with Gasteiger partial charge in [-0.2, -0.15) is 0 Å². The molecule has 3 rings (SSSR count). The monoisotopic (exact) mass is 322 g/mol. The van der Waals surface area contributed by atoms with Gasteiger partial charge in [-0.1, -0.05) is 0 Å². The fraction of sp³-hybridized carbons (Fsp3) is 0.533. The van der Waals surface area contributed by atoms with Crippen molar-refractivity contribution in [3.63, 3.8) is 0 Å². The largest absolute Gasteiger partial charge is 0.370 e. The fourth-order valence-corrected chi connectivity index (χ4v) is 3.65. The van der Waals surface area contributed by atoms with Gasteiger partial charge in [-0.05, 0) is 66.5 Å². The molecule has 0 N–H and O–H groups in total. The van der Waals surface area contributed by atoms with E-state index in [9.17, 15) is 4.79 Å². The van der Waals surface area contributed by atoms with E-state index in [1.54, 1.807) is 0 Å². The normalized spacial score (nSPS) is 24.1. The fourth-order valence-electron chi connectivity index (χ4n) is 3.19. The maximum Gasteiger partial charge on any atom is 0.151 e. The van der Waals surface area contributed by atoms with Crippen molar-refractivity contribution in [2.45, 2.75) is 25.3 Å². The number of nitrogens with zero attached hydrogens (tertiary/aromatic N) is 2. The Balaban J connectivity index is 1.70. The molecule has 2 saturated heterocycles. The molecule has 2 aliphatic heterocycles. The second-order valence-corrected chi connectivity index (χ2v) is 6.31. The Morgan fingerprint density at radius 1 is 1.21 bits per heavy atom. The molecule has 1 aromatic carbocycles. The minimum absolute atomic E-state index is 0.715. The molecule has 102 valence electrons. The highest BCUT2D eigenvalue weighted by molar-refractivity contribution is 9.10. The van der Waals surface area contributed by atoms with Crippen molar-refractivity contribution >= 4 is 27.9 Å². The van der Waals surface area contributed by atoms with Gasteiger partial charge in [0.25, 0.3) is 0 Å². The zero-order valence-corrected chi connectivity index (χ0v) is 12.6. The number of likely N-dealkylation sites (tertiary alicyclic amines) is 1. The second-order valence-electron chi connectivity index (χ2n) is 5.46. The molecule has 0 aliphatic carbocycles. The summed E-state index contributed by atoms with van der Waals surface area (Å²) in [5.41, 5.74) is 1.94. The van der Waals surface area contributed by atoms with Gasteiger partial charge in [0.15, 0.2) is 6.29 Å². The molecule has 1 unspecified atom stereocenters. The lowest BCUT2D eigenvalue weighted by Gasteiger charge is -2.24. The second kappa shape index (κ2) is 5.63. The lowest BCUT2D eigenvalue weighted by atomic mass is 10.2. The molecular weight excluding hydrogens is 304 g/mol. The summed E-state index contributed by atoms with van der Waals surface area (Å²) in [6, 6.07) is 6.74. The van der Waals surface area contributed by atoms with Crippen LogP contribution in [-0.2, 0) is 0 Å². The summed E-state index contributed by atoms with van der Waals surface area (Å²) in [5.74, 6) is 0. The SMILES string of the molecule is O=Cc1ccc(N2CCC(N3CCCC3)C2)cc1Br. The van der Waals surface area contributed by atoms with E-state index in [4.69, 9.17) is 0 Å². The van der Waals surface area contributed by atoms with Gasteiger partial charge in [0.05, 0.1) is 0 Å². The van der Waals surface area contributed by atoms with Crippen LogP contribution >= 0.6 is 15.9 Å². The van der Waals surface area contributed by atoms with Gasteiger partial charge in [0, 0.05) is 34.9 Å². The van der Waals surface area contributed by atoms with Gasteiger partial charge in [0.2, 0.25) is 0 Å². The number of benzene rings is 1. The molecule has 0 amide bonds. The van der Waals surface area contributed by atoms with Crippen molar-refractivity contribution in [1.29, 1.82) is 0 Å². The molecule has 1 atom stereocenters. The maximum absolute atomic E-state index is 10.8. The first kappa shape index (κ1) is 13.1. The van der Waals surface area contributed by atoms with Crippen LogP contribution in [0.5, 0.6) is 0 Å². The highest BCUT2D eigenvalue weighted by atomic mass is 79.9. The molecule has 0 spiro atoms. The molecule has 4 heteroatoms. The van der Waals surface area contributed by atoms with Crippen molar-refractivity contribution in [1.82, 2.24) is 4.90 Å². The molecule has 2 fully saturated rings. The van der Waals surface area contributed by atoms with E-state index in [0.717, 1.165) is 29.4 Å². The third-order valence-electron chi connectivity index (χ3n) is 4.30. The van der Waals surface area contributed by atoms with E-state index in [-0.39, 0.29) is 0 Å². The van der Waals surface area contributed by atoms with Crippen molar-refractivity contribution in [3.8, 4) is 0 Å². The van der Waals surface area contributed by atoms with Crippen molar-refractivity contribution in [3.05, 3.63) is 28.2 Å². The summed E-state index contributed by atoms with van der Waals surface area (Å²) in [6.07, 6.45) is 4.87. The van der Waals surface area contributed by atoms with Gasteiger partial charge < -0.3 is 4.90 Å². The van der Waals surface area contributed by atoms with Crippen LogP contribution in [0.25, 0.3) is 0 Å². The average Bonchev–Trinajstić information content (AvgIpc) is 3.09. The third-order valence-corrected chi connectivity index (χ3v) is 4.98. The lowest BCUT2D eigenvalue weighted by Crippen LogP contribution is -2.35. The number of rotatable bonds is 3. The van der Waals surface area contributed by atoms with Gasteiger partial charge >= 0.3 is 0 Å². The van der Waals surface area contributed by atoms with Crippen LogP contribution in [0.3, 0.4) is 0 Å². The van der Waals surface area contributed by atoms with Crippen molar-refractivity contribution in [2.24, 2.45) is 0 Å². The third kappa shape index (κ3) is 2.70. The highest BCUT2D eigenvalue weighted by Crippen LogP contribution is 2.28. The van der Waals surface area contributed by atoms with Crippen LogP contribution in [0.4, 0.5) is 5.69 Å². The van der Waals surface area contributed by atoms with Gasteiger partial charge in [0.1, 0.15) is 0 Å². The van der Waals surface area contributed by atoms with E-state index < -0.39 is 0 Å². The van der Waals surface area contributed by atoms with E-state index in [1.807, 2.05) is 6.07 Å². The Morgan fingerprint density at radius 3 is 2.68 bits per heavy atom. The molecule has 2 heterocycles. The first-order valence-corrected chi connectivity index (χ1v) is 7.81. The van der Waals surface area contributed by atoms with Crippen LogP contribution in [0.15, 0.2) is 22.7 Å². The topological polar surface area (TPSA) is 23.6 Å². The quantitative estimate of drug-likeness (QED) is 0.799. The van der Waals surface area contributed by atoms with E-state index in [1.165, 1.54) is 38.0 Å². The van der Waals surface area contributed by atoms with Crippen LogP contribution in [0, 0.1) is 0 Å². The highest BCUT2D eigenvalue weighted by Gasteiger charge is 2.29. The number of hydrogen-bond donors (Lipinski definition) is 0. The van der Waals surface area contributed by atoms with Crippen molar-refractivity contribution in [2.75, 3.05) is 31.1 Å². The Bertz CT molecular complexity index is 471. The standard InChI is InChI=1S/C15H19BrN2O/c16-15-9-13(4-3-12(15)11-19)18-8-5-14(10-18)17-6-1-2-7-17/h3-4,9,11,14H,1-2,5-8,10H2. The molecule has 0 aromatic heterocycles. The minimum Gasteiger partial charge on any atom is -0.370 e. The van der Waals surface area contributed by atoms with Gasteiger partial charge in [-0.15, -0.1) is 0 Å². The first-order valence-electron chi connectivity index (χ1n) is 7.01. The van der Waals surface area contributed by atoms with E-state index >= 15 is 0 Å². The number of aldehydes is 1. The predicted octanol–water partition coefficient (Wildman–Crippen LogP) is 2.94. The molecule has 2 aliphatic rings. The molecule has 19 heavy (non-hydrogen) atoms. The number of carbonyl (C=O) groups excluding carboxylic acids is 1. The average molecular weight is 323 g/mol. The first-order chi connectivity index (χ1) is 9.28. The minimum atomic E-state index is 0.715. The number of halogens is 1. The van der Waals surface area contributed by atoms with E-state index in [2.05, 4.69) is 37.9 Å². The zero-order valence-electron chi connectivity index (χ0n) is 11.0. The van der Waals surface area contributed by atoms with Gasteiger partial charge in [-0.25, -0.2) is 0 Å². The predicted molar refractivity (Wildman–Crippen MR) is 81.0 cm³/mol. The summed E-state index contributed by atoms with van der Waals surface area (Å²) < 4.78 is 0.893. The molecule has 0 radical (unpaired) electrons. The smallest absolute Gasteiger partial charge is 0.151 e. The molecule has 3 nitrogen and oxygen atoms in total. The lowest BCUT2D eigenvalue weighted by molar-refractivity contribution is 0.112.